The van der Waals surface area contributed by atoms with E-state index in [9.17, 15) is 5.11 Å². The van der Waals surface area contributed by atoms with Crippen LogP contribution in [0.3, 0.4) is 0 Å². The number of nitrogens with one attached hydrogen (secondary N) is 1. The monoisotopic (exact) mass is 277 g/mol. The molecule has 0 aromatic carbocycles. The molecule has 0 bridgehead atoms. The predicted molar refractivity (Wildman–Crippen MR) is 83.0 cm³/mol. The standard InChI is InChI=1S/C16H27N3O/c1-4-17-10-14-9-12(2)16(18-11-14)19-7-5-15(6-8-19)13(3)20/h9,11,13,15,17,20H,4-8,10H2,1-3H3. The first kappa shape index (κ1) is 15.3. The zero-order valence-corrected chi connectivity index (χ0v) is 12.9. The number of rotatable bonds is 5. The molecule has 20 heavy (non-hydrogen) atoms. The Bertz CT molecular complexity index is 426. The van der Waals surface area contributed by atoms with Crippen LogP contribution in [0.4, 0.5) is 5.82 Å². The van der Waals surface area contributed by atoms with Gasteiger partial charge in [-0.05, 0) is 56.3 Å². The van der Waals surface area contributed by atoms with Crippen molar-refractivity contribution in [2.45, 2.75) is 46.3 Å². The summed E-state index contributed by atoms with van der Waals surface area (Å²) in [7, 11) is 0. The summed E-state index contributed by atoms with van der Waals surface area (Å²) in [4.78, 5) is 7.00. The third-order valence-corrected chi connectivity index (χ3v) is 4.21. The summed E-state index contributed by atoms with van der Waals surface area (Å²) >= 11 is 0. The van der Waals surface area contributed by atoms with Gasteiger partial charge in [0.2, 0.25) is 0 Å². The molecule has 4 heteroatoms. The van der Waals surface area contributed by atoms with E-state index in [1.807, 2.05) is 13.1 Å². The number of aryl methyl sites for hydroxylation is 1. The summed E-state index contributed by atoms with van der Waals surface area (Å²) in [6.45, 7) is 10.0. The molecule has 2 rings (SSSR count). The molecule has 0 spiro atoms. The van der Waals surface area contributed by atoms with Gasteiger partial charge in [-0.1, -0.05) is 6.92 Å². The van der Waals surface area contributed by atoms with E-state index >= 15 is 0 Å². The third kappa shape index (κ3) is 3.70. The Morgan fingerprint density at radius 1 is 1.45 bits per heavy atom. The molecular formula is C16H27N3O. The Kier molecular flexibility index (Phi) is 5.38. The topological polar surface area (TPSA) is 48.4 Å². The van der Waals surface area contributed by atoms with Gasteiger partial charge >= 0.3 is 0 Å². The molecule has 1 aliphatic heterocycles. The maximum atomic E-state index is 9.67. The average molecular weight is 277 g/mol. The smallest absolute Gasteiger partial charge is 0.131 e. The Morgan fingerprint density at radius 2 is 2.15 bits per heavy atom. The fourth-order valence-corrected chi connectivity index (χ4v) is 2.92. The summed E-state index contributed by atoms with van der Waals surface area (Å²) in [5, 5.41) is 13.0. The van der Waals surface area contributed by atoms with E-state index in [0.29, 0.717) is 5.92 Å². The highest BCUT2D eigenvalue weighted by Gasteiger charge is 2.24. The SMILES string of the molecule is CCNCc1cnc(N2CCC(C(C)O)CC2)c(C)c1. The largest absolute Gasteiger partial charge is 0.393 e. The second-order valence-electron chi connectivity index (χ2n) is 5.83. The van der Waals surface area contributed by atoms with Crippen LogP contribution in [0.1, 0.15) is 37.8 Å². The molecule has 1 fully saturated rings. The van der Waals surface area contributed by atoms with Gasteiger partial charge in [-0.25, -0.2) is 4.98 Å². The Labute approximate surface area is 122 Å². The van der Waals surface area contributed by atoms with E-state index in [1.54, 1.807) is 0 Å². The highest BCUT2D eigenvalue weighted by Crippen LogP contribution is 2.26. The molecule has 0 radical (unpaired) electrons. The molecule has 1 atom stereocenters. The summed E-state index contributed by atoms with van der Waals surface area (Å²) < 4.78 is 0. The number of aromatic nitrogens is 1. The van der Waals surface area contributed by atoms with E-state index in [2.05, 4.69) is 35.1 Å². The molecule has 0 aliphatic carbocycles. The van der Waals surface area contributed by atoms with Gasteiger partial charge in [0, 0.05) is 25.8 Å². The lowest BCUT2D eigenvalue weighted by atomic mass is 9.92. The molecule has 1 aromatic heterocycles. The van der Waals surface area contributed by atoms with Crippen LogP contribution in [0, 0.1) is 12.8 Å². The van der Waals surface area contributed by atoms with Crippen molar-refractivity contribution < 1.29 is 5.11 Å². The molecule has 2 heterocycles. The molecule has 0 amide bonds. The number of aliphatic hydroxyl groups excluding tert-OH is 1. The van der Waals surface area contributed by atoms with Gasteiger partial charge in [0.1, 0.15) is 5.82 Å². The highest BCUT2D eigenvalue weighted by atomic mass is 16.3. The van der Waals surface area contributed by atoms with Crippen LogP contribution >= 0.6 is 0 Å². The van der Waals surface area contributed by atoms with E-state index in [0.717, 1.165) is 44.8 Å². The van der Waals surface area contributed by atoms with E-state index in [1.165, 1.54) is 11.1 Å². The number of anilines is 1. The predicted octanol–water partition coefficient (Wildman–Crippen LogP) is 2.10. The molecule has 112 valence electrons. The fraction of sp³-hybridized carbons (Fsp3) is 0.688. The zero-order valence-electron chi connectivity index (χ0n) is 12.9. The lowest BCUT2D eigenvalue weighted by Gasteiger charge is -2.34. The average Bonchev–Trinajstić information content (AvgIpc) is 2.45. The highest BCUT2D eigenvalue weighted by molar-refractivity contribution is 5.47. The van der Waals surface area contributed by atoms with E-state index in [-0.39, 0.29) is 6.10 Å². The van der Waals surface area contributed by atoms with Crippen LogP contribution in [-0.2, 0) is 6.54 Å². The first-order chi connectivity index (χ1) is 9.61. The molecule has 2 N–H and O–H groups in total. The third-order valence-electron chi connectivity index (χ3n) is 4.21. The van der Waals surface area contributed by atoms with Crippen LogP contribution in [0.2, 0.25) is 0 Å². The quantitative estimate of drug-likeness (QED) is 0.865. The van der Waals surface area contributed by atoms with Crippen molar-refractivity contribution in [3.8, 4) is 0 Å². The molecule has 1 aromatic rings. The summed E-state index contributed by atoms with van der Waals surface area (Å²) in [6.07, 6.45) is 3.90. The number of piperidine rings is 1. The van der Waals surface area contributed by atoms with Gasteiger partial charge in [-0.15, -0.1) is 0 Å². The number of aliphatic hydroxyl groups is 1. The fourth-order valence-electron chi connectivity index (χ4n) is 2.92. The normalized spacial score (nSPS) is 18.3. The van der Waals surface area contributed by atoms with Crippen molar-refractivity contribution in [3.05, 3.63) is 23.4 Å². The van der Waals surface area contributed by atoms with Crippen LogP contribution in [0.5, 0.6) is 0 Å². The number of nitrogens with zero attached hydrogens (tertiary/aromatic N) is 2. The van der Waals surface area contributed by atoms with Crippen molar-refractivity contribution in [2.75, 3.05) is 24.5 Å². The lowest BCUT2D eigenvalue weighted by Crippen LogP contribution is -2.37. The van der Waals surface area contributed by atoms with Crippen LogP contribution in [-0.4, -0.2) is 35.8 Å². The van der Waals surface area contributed by atoms with Crippen LogP contribution < -0.4 is 10.2 Å². The van der Waals surface area contributed by atoms with Gasteiger partial charge in [0.25, 0.3) is 0 Å². The van der Waals surface area contributed by atoms with E-state index in [4.69, 9.17) is 0 Å². The van der Waals surface area contributed by atoms with Gasteiger partial charge in [-0.2, -0.15) is 0 Å². The molecule has 1 saturated heterocycles. The molecular weight excluding hydrogens is 250 g/mol. The molecule has 1 unspecified atom stereocenters. The van der Waals surface area contributed by atoms with Crippen molar-refractivity contribution in [3.63, 3.8) is 0 Å². The summed E-state index contributed by atoms with van der Waals surface area (Å²) in [6, 6.07) is 2.23. The lowest BCUT2D eigenvalue weighted by molar-refractivity contribution is 0.110. The summed E-state index contributed by atoms with van der Waals surface area (Å²) in [5.74, 6) is 1.55. The second kappa shape index (κ2) is 7.04. The van der Waals surface area contributed by atoms with Crippen molar-refractivity contribution >= 4 is 5.82 Å². The second-order valence-corrected chi connectivity index (χ2v) is 5.83. The maximum absolute atomic E-state index is 9.67. The van der Waals surface area contributed by atoms with Crippen molar-refractivity contribution in [2.24, 2.45) is 5.92 Å². The minimum Gasteiger partial charge on any atom is -0.393 e. The minimum atomic E-state index is -0.186. The van der Waals surface area contributed by atoms with Crippen LogP contribution in [0.25, 0.3) is 0 Å². The number of hydrogen-bond acceptors (Lipinski definition) is 4. The summed E-state index contributed by atoms with van der Waals surface area (Å²) in [5.41, 5.74) is 2.49. The molecule has 4 nitrogen and oxygen atoms in total. The number of pyridine rings is 1. The molecule has 0 saturated carbocycles. The van der Waals surface area contributed by atoms with Gasteiger partial charge < -0.3 is 15.3 Å². The van der Waals surface area contributed by atoms with Crippen molar-refractivity contribution in [1.29, 1.82) is 0 Å². The number of hydrogen-bond donors (Lipinski definition) is 2. The van der Waals surface area contributed by atoms with Crippen molar-refractivity contribution in [1.82, 2.24) is 10.3 Å². The van der Waals surface area contributed by atoms with Gasteiger partial charge in [0.05, 0.1) is 6.10 Å². The first-order valence-corrected chi connectivity index (χ1v) is 7.71. The van der Waals surface area contributed by atoms with Gasteiger partial charge in [0.15, 0.2) is 0 Å². The Balaban J connectivity index is 1.99. The van der Waals surface area contributed by atoms with Gasteiger partial charge in [-0.3, -0.25) is 0 Å². The minimum absolute atomic E-state index is 0.186. The molecule has 1 aliphatic rings. The maximum Gasteiger partial charge on any atom is 0.131 e. The zero-order chi connectivity index (χ0) is 14.5. The Morgan fingerprint density at radius 3 is 2.70 bits per heavy atom. The Hall–Kier alpha value is -1.13. The van der Waals surface area contributed by atoms with E-state index < -0.39 is 0 Å². The first-order valence-electron chi connectivity index (χ1n) is 7.71. The van der Waals surface area contributed by atoms with Crippen LogP contribution in [0.15, 0.2) is 12.3 Å².